The maximum absolute atomic E-state index is 12.1. The number of thiol groups is 1. The summed E-state index contributed by atoms with van der Waals surface area (Å²) in [7, 11) is 0. The van der Waals surface area contributed by atoms with Crippen molar-refractivity contribution in [2.45, 2.75) is 25.2 Å². The van der Waals surface area contributed by atoms with Gasteiger partial charge in [-0.2, -0.15) is 0 Å². The third-order valence-electron chi connectivity index (χ3n) is 3.41. The third kappa shape index (κ3) is 3.64. The number of benzene rings is 2. The van der Waals surface area contributed by atoms with Crippen molar-refractivity contribution in [1.82, 2.24) is 5.32 Å². The van der Waals surface area contributed by atoms with Crippen LogP contribution < -0.4 is 5.32 Å². The summed E-state index contributed by atoms with van der Waals surface area (Å²) in [5, 5.41) is 2.97. The molecule has 2 nitrogen and oxygen atoms in total. The fraction of sp³-hybridized carbons (Fsp3) is 0.235. The number of hydrogen-bond donors (Lipinski definition) is 2. The van der Waals surface area contributed by atoms with Gasteiger partial charge in [0.25, 0.3) is 5.91 Å². The van der Waals surface area contributed by atoms with Gasteiger partial charge in [0, 0.05) is 17.0 Å². The Kier molecular flexibility index (Phi) is 4.85. The first-order chi connectivity index (χ1) is 9.58. The van der Waals surface area contributed by atoms with Crippen molar-refractivity contribution in [3.05, 3.63) is 64.7 Å². The number of carbonyl (C=O) groups excluding carboxylic acids is 1. The standard InChI is InChI=1S/C17H19NOS/c1-12-5-3-4-6-14(12)9-10-18-17(19)16-11-15(20)8-7-13(16)2/h3-8,11,20H,9-10H2,1-2H3,(H,18,19). The largest absolute Gasteiger partial charge is 0.352 e. The molecule has 2 aromatic rings. The lowest BCUT2D eigenvalue weighted by molar-refractivity contribution is 0.0953. The topological polar surface area (TPSA) is 29.1 Å². The molecule has 0 aliphatic heterocycles. The highest BCUT2D eigenvalue weighted by atomic mass is 32.1. The summed E-state index contributed by atoms with van der Waals surface area (Å²) in [6.07, 6.45) is 0.845. The smallest absolute Gasteiger partial charge is 0.251 e. The van der Waals surface area contributed by atoms with Crippen molar-refractivity contribution < 1.29 is 4.79 Å². The first-order valence-electron chi connectivity index (χ1n) is 6.70. The van der Waals surface area contributed by atoms with Crippen LogP contribution in [0.2, 0.25) is 0 Å². The molecule has 0 unspecified atom stereocenters. The Morgan fingerprint density at radius 2 is 1.85 bits per heavy atom. The van der Waals surface area contributed by atoms with E-state index in [1.807, 2.05) is 37.3 Å². The van der Waals surface area contributed by atoms with Crippen molar-refractivity contribution in [3.8, 4) is 0 Å². The average Bonchev–Trinajstić information content (AvgIpc) is 2.43. The Bertz CT molecular complexity index is 622. The molecule has 0 saturated carbocycles. The van der Waals surface area contributed by atoms with Crippen LogP contribution in [-0.4, -0.2) is 12.5 Å². The molecule has 0 radical (unpaired) electrons. The molecule has 0 fully saturated rings. The third-order valence-corrected chi connectivity index (χ3v) is 3.69. The van der Waals surface area contributed by atoms with Gasteiger partial charge in [0.1, 0.15) is 0 Å². The first kappa shape index (κ1) is 14.7. The Labute approximate surface area is 125 Å². The molecule has 3 heteroatoms. The zero-order chi connectivity index (χ0) is 14.5. The van der Waals surface area contributed by atoms with Crippen molar-refractivity contribution in [2.75, 3.05) is 6.54 Å². The summed E-state index contributed by atoms with van der Waals surface area (Å²) in [4.78, 5) is 13.0. The average molecular weight is 285 g/mol. The van der Waals surface area contributed by atoms with Gasteiger partial charge in [0.15, 0.2) is 0 Å². The van der Waals surface area contributed by atoms with Crippen LogP contribution >= 0.6 is 12.6 Å². The van der Waals surface area contributed by atoms with Gasteiger partial charge in [0.2, 0.25) is 0 Å². The minimum atomic E-state index is -0.0352. The second-order valence-corrected chi connectivity index (χ2v) is 5.45. The number of rotatable bonds is 4. The van der Waals surface area contributed by atoms with Gasteiger partial charge in [-0.15, -0.1) is 12.6 Å². The van der Waals surface area contributed by atoms with Crippen LogP contribution in [0.4, 0.5) is 0 Å². The molecule has 0 atom stereocenters. The molecule has 1 N–H and O–H groups in total. The van der Waals surface area contributed by atoms with E-state index in [0.717, 1.165) is 16.9 Å². The SMILES string of the molecule is Cc1ccccc1CCNC(=O)c1cc(S)ccc1C. The Hall–Kier alpha value is -1.74. The predicted octanol–water partition coefficient (Wildman–Crippen LogP) is 3.56. The Morgan fingerprint density at radius 3 is 2.60 bits per heavy atom. The summed E-state index contributed by atoms with van der Waals surface area (Å²) in [6.45, 7) is 4.66. The fourth-order valence-electron chi connectivity index (χ4n) is 2.15. The zero-order valence-corrected chi connectivity index (χ0v) is 12.7. The number of nitrogens with one attached hydrogen (secondary N) is 1. The lowest BCUT2D eigenvalue weighted by atomic mass is 10.1. The normalized spacial score (nSPS) is 10.3. The van der Waals surface area contributed by atoms with Crippen molar-refractivity contribution in [3.63, 3.8) is 0 Å². The highest BCUT2D eigenvalue weighted by Crippen LogP contribution is 2.14. The molecule has 0 aliphatic rings. The highest BCUT2D eigenvalue weighted by Gasteiger charge is 2.08. The summed E-state index contributed by atoms with van der Waals surface area (Å²) in [6, 6.07) is 13.9. The molecular weight excluding hydrogens is 266 g/mol. The molecule has 0 heterocycles. The van der Waals surface area contributed by atoms with Gasteiger partial charge in [-0.3, -0.25) is 4.79 Å². The number of aryl methyl sites for hydroxylation is 2. The maximum atomic E-state index is 12.1. The highest BCUT2D eigenvalue weighted by molar-refractivity contribution is 7.80. The molecular formula is C17H19NOS. The molecule has 20 heavy (non-hydrogen) atoms. The maximum Gasteiger partial charge on any atom is 0.251 e. The second kappa shape index (κ2) is 6.62. The number of carbonyl (C=O) groups is 1. The van der Waals surface area contributed by atoms with Crippen LogP contribution in [0, 0.1) is 13.8 Å². The Balaban J connectivity index is 1.96. The van der Waals surface area contributed by atoms with Gasteiger partial charge < -0.3 is 5.32 Å². The van der Waals surface area contributed by atoms with Gasteiger partial charge in [-0.1, -0.05) is 30.3 Å². The molecule has 2 aromatic carbocycles. The van der Waals surface area contributed by atoms with Crippen LogP contribution in [0.15, 0.2) is 47.4 Å². The molecule has 104 valence electrons. The van der Waals surface area contributed by atoms with Gasteiger partial charge in [0.05, 0.1) is 0 Å². The van der Waals surface area contributed by atoms with Crippen LogP contribution in [0.1, 0.15) is 27.0 Å². The molecule has 0 saturated heterocycles. The van der Waals surface area contributed by atoms with E-state index in [4.69, 9.17) is 0 Å². The fourth-order valence-corrected chi connectivity index (χ4v) is 2.35. The predicted molar refractivity (Wildman–Crippen MR) is 85.6 cm³/mol. The van der Waals surface area contributed by atoms with E-state index in [1.165, 1.54) is 11.1 Å². The summed E-state index contributed by atoms with van der Waals surface area (Å²) >= 11 is 4.28. The van der Waals surface area contributed by atoms with Gasteiger partial charge >= 0.3 is 0 Å². The minimum Gasteiger partial charge on any atom is -0.352 e. The summed E-state index contributed by atoms with van der Waals surface area (Å²) in [5.41, 5.74) is 4.20. The quantitative estimate of drug-likeness (QED) is 0.826. The number of amides is 1. The second-order valence-electron chi connectivity index (χ2n) is 4.93. The van der Waals surface area contributed by atoms with E-state index in [-0.39, 0.29) is 5.91 Å². The minimum absolute atomic E-state index is 0.0352. The summed E-state index contributed by atoms with van der Waals surface area (Å²) < 4.78 is 0. The summed E-state index contributed by atoms with van der Waals surface area (Å²) in [5.74, 6) is -0.0352. The van der Waals surface area contributed by atoms with E-state index >= 15 is 0 Å². The first-order valence-corrected chi connectivity index (χ1v) is 7.15. The van der Waals surface area contributed by atoms with E-state index in [1.54, 1.807) is 0 Å². The molecule has 0 spiro atoms. The molecule has 1 amide bonds. The molecule has 0 aromatic heterocycles. The van der Waals surface area contributed by atoms with Crippen molar-refractivity contribution in [1.29, 1.82) is 0 Å². The van der Waals surface area contributed by atoms with Crippen LogP contribution in [0.3, 0.4) is 0 Å². The lowest BCUT2D eigenvalue weighted by Gasteiger charge is -2.09. The van der Waals surface area contributed by atoms with Crippen LogP contribution in [0.5, 0.6) is 0 Å². The van der Waals surface area contributed by atoms with Crippen LogP contribution in [-0.2, 0) is 6.42 Å². The Morgan fingerprint density at radius 1 is 1.10 bits per heavy atom. The van der Waals surface area contributed by atoms with Crippen molar-refractivity contribution in [2.24, 2.45) is 0 Å². The van der Waals surface area contributed by atoms with E-state index in [9.17, 15) is 4.79 Å². The molecule has 0 aliphatic carbocycles. The van der Waals surface area contributed by atoms with E-state index in [2.05, 4.69) is 37.0 Å². The number of hydrogen-bond acceptors (Lipinski definition) is 2. The zero-order valence-electron chi connectivity index (χ0n) is 11.8. The monoisotopic (exact) mass is 285 g/mol. The van der Waals surface area contributed by atoms with Crippen molar-refractivity contribution >= 4 is 18.5 Å². The van der Waals surface area contributed by atoms with Crippen LogP contribution in [0.25, 0.3) is 0 Å². The molecule has 2 rings (SSSR count). The molecule has 0 bridgehead atoms. The lowest BCUT2D eigenvalue weighted by Crippen LogP contribution is -2.26. The van der Waals surface area contributed by atoms with E-state index in [0.29, 0.717) is 12.1 Å². The van der Waals surface area contributed by atoms with Gasteiger partial charge in [-0.05, 0) is 49.1 Å². The van der Waals surface area contributed by atoms with E-state index < -0.39 is 0 Å². The van der Waals surface area contributed by atoms with Gasteiger partial charge in [-0.25, -0.2) is 0 Å².